The Morgan fingerprint density at radius 1 is 0.759 bits per heavy atom. The van der Waals surface area contributed by atoms with Gasteiger partial charge < -0.3 is 10.6 Å². The smallest absolute Gasteiger partial charge is 0.231 e. The molecule has 4 aromatic rings. The third-order valence-electron chi connectivity index (χ3n) is 4.99. The first-order valence-electron chi connectivity index (χ1n) is 9.80. The molecule has 0 saturated carbocycles. The predicted octanol–water partition coefficient (Wildman–Crippen LogP) is 4.44. The van der Waals surface area contributed by atoms with Crippen molar-refractivity contribution < 1.29 is 9.59 Å². The number of anilines is 1. The van der Waals surface area contributed by atoms with Crippen LogP contribution in [0.5, 0.6) is 0 Å². The number of para-hydroxylation sites is 1. The number of hydrogen-bond donors (Lipinski definition) is 2. The van der Waals surface area contributed by atoms with Crippen LogP contribution in [0.2, 0.25) is 0 Å². The number of hydrogen-bond acceptors (Lipinski definition) is 3. The Bertz CT molecular complexity index is 1160. The largest absolute Gasteiger partial charge is 0.383 e. The number of carbonyl (C=O) groups excluding carboxylic acids is 2. The van der Waals surface area contributed by atoms with E-state index < -0.39 is 0 Å². The summed E-state index contributed by atoms with van der Waals surface area (Å²) in [6.45, 7) is 1.12. The molecule has 0 aliphatic carbocycles. The van der Waals surface area contributed by atoms with Crippen LogP contribution in [0.25, 0.3) is 21.7 Å². The monoisotopic (exact) mass is 385 g/mol. The van der Waals surface area contributed by atoms with E-state index in [-0.39, 0.29) is 24.7 Å². The fraction of sp³-hybridized carbons (Fsp3) is 0.167. The highest BCUT2D eigenvalue weighted by atomic mass is 16.2. The molecule has 1 amide bonds. The summed E-state index contributed by atoms with van der Waals surface area (Å²) in [4.78, 5) is 24.5. The second-order valence-corrected chi connectivity index (χ2v) is 6.94. The Labute approximate surface area is 169 Å². The predicted molar refractivity (Wildman–Crippen MR) is 117 cm³/mol. The van der Waals surface area contributed by atoms with Gasteiger partial charge >= 0.3 is 0 Å². The van der Waals surface area contributed by atoms with E-state index in [4.69, 9.17) is 0 Å². The van der Waals surface area contributed by atoms with Crippen LogP contribution in [-0.2, 0) is 4.79 Å². The number of rotatable bonds is 7. The van der Waals surface area contributed by atoms with Crippen molar-refractivity contribution in [3.63, 3.8) is 0 Å². The highest BCUT2D eigenvalue weighted by Crippen LogP contribution is 2.22. The maximum Gasteiger partial charge on any atom is 0.231 e. The van der Waals surface area contributed by atoms with E-state index >= 15 is 0 Å². The lowest BCUT2D eigenvalue weighted by Gasteiger charge is -2.10. The highest BCUT2D eigenvalue weighted by Gasteiger charge is 2.11. The van der Waals surface area contributed by atoms with Crippen LogP contribution >= 0.6 is 0 Å². The number of nitrogens with zero attached hydrogens (tertiary/aromatic N) is 1. The van der Waals surface area contributed by atoms with E-state index in [1.807, 2.05) is 54.6 Å². The topological polar surface area (TPSA) is 63.1 Å². The van der Waals surface area contributed by atoms with Gasteiger partial charge in [-0.05, 0) is 23.6 Å². The average Bonchev–Trinajstić information content (AvgIpc) is 3.19. The molecular formula is C24H23N3O2. The zero-order valence-electron chi connectivity index (χ0n) is 16.1. The van der Waals surface area contributed by atoms with Gasteiger partial charge in [-0.15, -0.1) is 0 Å². The molecule has 5 heteroatoms. The van der Waals surface area contributed by atoms with E-state index in [0.717, 1.165) is 22.0 Å². The molecule has 0 fully saturated rings. The second kappa shape index (κ2) is 8.61. The molecule has 0 radical (unpaired) electrons. The van der Waals surface area contributed by atoms with Crippen LogP contribution in [-0.4, -0.2) is 29.5 Å². The van der Waals surface area contributed by atoms with Crippen molar-refractivity contribution in [2.45, 2.75) is 12.8 Å². The van der Waals surface area contributed by atoms with Crippen LogP contribution in [0.1, 0.15) is 17.6 Å². The standard InChI is InChI=1S/C24H23N3O2/c28-23(12-13-24(29)27-17-14-19-7-2-4-11-22(19)27)26-16-15-25-21-10-5-8-18-6-1-3-9-20(18)21/h1-11,14,17,25H,12-13,15-16H2,(H,26,28). The molecule has 3 aromatic carbocycles. The van der Waals surface area contributed by atoms with Crippen molar-refractivity contribution in [2.24, 2.45) is 0 Å². The summed E-state index contributed by atoms with van der Waals surface area (Å²) >= 11 is 0. The normalized spacial score (nSPS) is 10.9. The first kappa shape index (κ1) is 18.7. The Morgan fingerprint density at radius 3 is 2.41 bits per heavy atom. The van der Waals surface area contributed by atoms with Gasteiger partial charge in [0, 0.05) is 48.6 Å². The molecule has 146 valence electrons. The van der Waals surface area contributed by atoms with Crippen LogP contribution in [0, 0.1) is 0 Å². The van der Waals surface area contributed by atoms with Gasteiger partial charge in [-0.2, -0.15) is 0 Å². The number of aromatic nitrogens is 1. The molecule has 4 rings (SSSR count). The molecule has 5 nitrogen and oxygen atoms in total. The SMILES string of the molecule is O=C(CCC(=O)n1ccc2ccccc21)NCCNc1cccc2ccccc12. The van der Waals surface area contributed by atoms with Crippen molar-refractivity contribution in [1.82, 2.24) is 9.88 Å². The van der Waals surface area contributed by atoms with Crippen molar-refractivity contribution in [3.05, 3.63) is 79.0 Å². The van der Waals surface area contributed by atoms with Crippen LogP contribution in [0.15, 0.2) is 79.0 Å². The fourth-order valence-corrected chi connectivity index (χ4v) is 3.51. The third-order valence-corrected chi connectivity index (χ3v) is 4.99. The van der Waals surface area contributed by atoms with Gasteiger partial charge in [0.25, 0.3) is 0 Å². The molecule has 0 aliphatic rings. The minimum absolute atomic E-state index is 0.0739. The molecule has 0 saturated heterocycles. The Kier molecular flexibility index (Phi) is 5.56. The van der Waals surface area contributed by atoms with Gasteiger partial charge in [0.15, 0.2) is 0 Å². The van der Waals surface area contributed by atoms with E-state index in [0.29, 0.717) is 13.1 Å². The second-order valence-electron chi connectivity index (χ2n) is 6.94. The van der Waals surface area contributed by atoms with E-state index in [2.05, 4.69) is 28.8 Å². The summed E-state index contributed by atoms with van der Waals surface area (Å²) < 4.78 is 1.62. The number of benzene rings is 3. The van der Waals surface area contributed by atoms with Crippen LogP contribution < -0.4 is 10.6 Å². The lowest BCUT2D eigenvalue weighted by atomic mass is 10.1. The number of nitrogens with one attached hydrogen (secondary N) is 2. The maximum absolute atomic E-state index is 12.4. The number of amides is 1. The van der Waals surface area contributed by atoms with Crippen LogP contribution in [0.3, 0.4) is 0 Å². The molecule has 0 bridgehead atoms. The van der Waals surface area contributed by atoms with Gasteiger partial charge in [0.1, 0.15) is 0 Å². The maximum atomic E-state index is 12.4. The molecular weight excluding hydrogens is 362 g/mol. The zero-order valence-corrected chi connectivity index (χ0v) is 16.1. The van der Waals surface area contributed by atoms with Gasteiger partial charge in [-0.25, -0.2) is 0 Å². The quantitative estimate of drug-likeness (QED) is 0.462. The summed E-state index contributed by atoms with van der Waals surface area (Å²) in [5.74, 6) is -0.190. The Morgan fingerprint density at radius 2 is 1.52 bits per heavy atom. The fourth-order valence-electron chi connectivity index (χ4n) is 3.51. The van der Waals surface area contributed by atoms with Gasteiger partial charge in [-0.1, -0.05) is 54.6 Å². The van der Waals surface area contributed by atoms with Crippen molar-refractivity contribution in [1.29, 1.82) is 0 Å². The first-order chi connectivity index (χ1) is 14.2. The molecule has 1 heterocycles. The summed E-state index contributed by atoms with van der Waals surface area (Å²) in [6.07, 6.45) is 2.12. The highest BCUT2D eigenvalue weighted by molar-refractivity contribution is 5.94. The van der Waals surface area contributed by atoms with Gasteiger partial charge in [0.05, 0.1) is 5.52 Å². The summed E-state index contributed by atoms with van der Waals surface area (Å²) in [7, 11) is 0. The third kappa shape index (κ3) is 4.29. The molecule has 0 spiro atoms. The van der Waals surface area contributed by atoms with E-state index in [1.165, 1.54) is 5.39 Å². The van der Waals surface area contributed by atoms with Crippen molar-refractivity contribution in [2.75, 3.05) is 18.4 Å². The van der Waals surface area contributed by atoms with Crippen molar-refractivity contribution in [3.8, 4) is 0 Å². The number of fused-ring (bicyclic) bond motifs is 2. The molecule has 1 aromatic heterocycles. The summed E-state index contributed by atoms with van der Waals surface area (Å²) in [5, 5.41) is 9.60. The molecule has 29 heavy (non-hydrogen) atoms. The molecule has 0 aliphatic heterocycles. The molecule has 0 unspecified atom stereocenters. The molecule has 0 atom stereocenters. The zero-order chi connectivity index (χ0) is 20.1. The van der Waals surface area contributed by atoms with E-state index in [9.17, 15) is 9.59 Å². The van der Waals surface area contributed by atoms with E-state index in [1.54, 1.807) is 10.8 Å². The Balaban J connectivity index is 1.24. The van der Waals surface area contributed by atoms with Crippen LogP contribution in [0.4, 0.5) is 5.69 Å². The summed E-state index contributed by atoms with van der Waals surface area (Å²) in [5.41, 5.74) is 1.92. The lowest BCUT2D eigenvalue weighted by molar-refractivity contribution is -0.121. The minimum Gasteiger partial charge on any atom is -0.383 e. The van der Waals surface area contributed by atoms with Gasteiger partial charge in [-0.3, -0.25) is 14.2 Å². The summed E-state index contributed by atoms with van der Waals surface area (Å²) in [6, 6.07) is 23.9. The first-order valence-corrected chi connectivity index (χ1v) is 9.80. The lowest BCUT2D eigenvalue weighted by Crippen LogP contribution is -2.29. The Hall–Kier alpha value is -3.60. The minimum atomic E-state index is -0.116. The molecule has 2 N–H and O–H groups in total. The number of carbonyl (C=O) groups is 2. The van der Waals surface area contributed by atoms with Gasteiger partial charge in [0.2, 0.25) is 11.8 Å². The average molecular weight is 385 g/mol. The van der Waals surface area contributed by atoms with Crippen molar-refractivity contribution >= 4 is 39.2 Å².